The Hall–Kier alpha value is -2.76. The molecule has 100 valence electrons. The number of hydrogen-bond acceptors (Lipinski definition) is 4. The van der Waals surface area contributed by atoms with Crippen LogP contribution in [0.5, 0.6) is 0 Å². The van der Waals surface area contributed by atoms with Gasteiger partial charge in [-0.05, 0) is 53.2 Å². The summed E-state index contributed by atoms with van der Waals surface area (Å²) in [5, 5.41) is 11.6. The average Bonchev–Trinajstić information content (AvgIpc) is 2.86. The Morgan fingerprint density at radius 2 is 2.00 bits per heavy atom. The fourth-order valence-electron chi connectivity index (χ4n) is 2.04. The van der Waals surface area contributed by atoms with Crippen LogP contribution in [0.15, 0.2) is 42.5 Å². The molecule has 0 radical (unpaired) electrons. The standard InChI is InChI=1S/C14H12FN5/c1-9-3-2-4-13(5-9)20-14(17-18-19-20)10-6-11(15)8-12(16)7-10/h2-8H,16H2,1H3. The number of tetrazole rings is 1. The molecule has 3 aromatic rings. The Kier molecular flexibility index (Phi) is 2.90. The van der Waals surface area contributed by atoms with Gasteiger partial charge in [0, 0.05) is 11.3 Å². The van der Waals surface area contributed by atoms with Crippen molar-refractivity contribution >= 4 is 5.69 Å². The maximum absolute atomic E-state index is 13.5. The molecule has 20 heavy (non-hydrogen) atoms. The highest BCUT2D eigenvalue weighted by Crippen LogP contribution is 2.23. The number of aryl methyl sites for hydroxylation is 1. The molecule has 0 aliphatic heterocycles. The highest BCUT2D eigenvalue weighted by atomic mass is 19.1. The third kappa shape index (κ3) is 2.23. The molecule has 5 nitrogen and oxygen atoms in total. The van der Waals surface area contributed by atoms with Crippen LogP contribution in [0.2, 0.25) is 0 Å². The van der Waals surface area contributed by atoms with E-state index in [1.807, 2.05) is 31.2 Å². The Labute approximate surface area is 114 Å². The Morgan fingerprint density at radius 1 is 1.15 bits per heavy atom. The smallest absolute Gasteiger partial charge is 0.187 e. The van der Waals surface area contributed by atoms with Gasteiger partial charge in [-0.1, -0.05) is 12.1 Å². The monoisotopic (exact) mass is 269 g/mol. The second-order valence-corrected chi connectivity index (χ2v) is 4.53. The highest BCUT2D eigenvalue weighted by molar-refractivity contribution is 5.62. The van der Waals surface area contributed by atoms with Crippen LogP contribution in [0.25, 0.3) is 17.1 Å². The zero-order valence-corrected chi connectivity index (χ0v) is 10.8. The largest absolute Gasteiger partial charge is 0.399 e. The first-order valence-corrected chi connectivity index (χ1v) is 6.05. The Balaban J connectivity index is 2.15. The molecule has 0 spiro atoms. The molecule has 0 amide bonds. The third-order valence-corrected chi connectivity index (χ3v) is 2.89. The average molecular weight is 269 g/mol. The van der Waals surface area contributed by atoms with E-state index in [0.29, 0.717) is 17.1 Å². The zero-order chi connectivity index (χ0) is 14.1. The van der Waals surface area contributed by atoms with Gasteiger partial charge in [-0.15, -0.1) is 5.10 Å². The fraction of sp³-hybridized carbons (Fsp3) is 0.0714. The number of anilines is 1. The molecule has 1 aromatic heterocycles. The summed E-state index contributed by atoms with van der Waals surface area (Å²) in [5.41, 5.74) is 8.43. The van der Waals surface area contributed by atoms with Gasteiger partial charge >= 0.3 is 0 Å². The summed E-state index contributed by atoms with van der Waals surface area (Å²) < 4.78 is 15.0. The number of hydrogen-bond donors (Lipinski definition) is 1. The molecule has 0 unspecified atom stereocenters. The van der Waals surface area contributed by atoms with Crippen molar-refractivity contribution in [1.29, 1.82) is 0 Å². The van der Waals surface area contributed by atoms with Crippen LogP contribution in [-0.4, -0.2) is 20.2 Å². The number of halogens is 1. The number of aromatic nitrogens is 4. The van der Waals surface area contributed by atoms with E-state index in [4.69, 9.17) is 5.73 Å². The van der Waals surface area contributed by atoms with Crippen LogP contribution < -0.4 is 5.73 Å². The molecule has 0 fully saturated rings. The molecule has 2 N–H and O–H groups in total. The molecule has 0 atom stereocenters. The zero-order valence-electron chi connectivity index (χ0n) is 10.8. The Bertz CT molecular complexity index is 746. The minimum atomic E-state index is -0.418. The second kappa shape index (κ2) is 4.73. The molecule has 0 bridgehead atoms. The molecular formula is C14H12FN5. The number of nitrogens with zero attached hydrogens (tertiary/aromatic N) is 4. The number of nitrogens with two attached hydrogens (primary N) is 1. The van der Waals surface area contributed by atoms with Crippen molar-refractivity contribution in [3.63, 3.8) is 0 Å². The first-order valence-electron chi connectivity index (χ1n) is 6.05. The van der Waals surface area contributed by atoms with Crippen molar-refractivity contribution in [2.24, 2.45) is 0 Å². The lowest BCUT2D eigenvalue weighted by Gasteiger charge is -2.06. The van der Waals surface area contributed by atoms with E-state index < -0.39 is 5.82 Å². The van der Waals surface area contributed by atoms with Gasteiger partial charge in [0.05, 0.1) is 5.69 Å². The van der Waals surface area contributed by atoms with Crippen molar-refractivity contribution in [3.8, 4) is 17.1 Å². The van der Waals surface area contributed by atoms with Crippen molar-refractivity contribution in [2.45, 2.75) is 6.92 Å². The van der Waals surface area contributed by atoms with Crippen LogP contribution in [0, 0.1) is 12.7 Å². The van der Waals surface area contributed by atoms with Gasteiger partial charge in [-0.2, -0.15) is 4.68 Å². The lowest BCUT2D eigenvalue weighted by Crippen LogP contribution is -2.01. The number of nitrogen functional groups attached to an aromatic ring is 1. The molecule has 0 aliphatic rings. The summed E-state index contributed by atoms with van der Waals surface area (Å²) in [4.78, 5) is 0. The quantitative estimate of drug-likeness (QED) is 0.725. The van der Waals surface area contributed by atoms with Crippen LogP contribution in [0.1, 0.15) is 5.56 Å². The van der Waals surface area contributed by atoms with Crippen LogP contribution in [-0.2, 0) is 0 Å². The van der Waals surface area contributed by atoms with E-state index in [9.17, 15) is 4.39 Å². The van der Waals surface area contributed by atoms with Crippen LogP contribution >= 0.6 is 0 Å². The highest BCUT2D eigenvalue weighted by Gasteiger charge is 2.12. The molecular weight excluding hydrogens is 257 g/mol. The first kappa shape index (κ1) is 12.3. The lowest BCUT2D eigenvalue weighted by molar-refractivity contribution is 0.628. The van der Waals surface area contributed by atoms with E-state index in [2.05, 4.69) is 15.5 Å². The normalized spacial score (nSPS) is 10.7. The van der Waals surface area contributed by atoms with Crippen molar-refractivity contribution in [2.75, 3.05) is 5.73 Å². The third-order valence-electron chi connectivity index (χ3n) is 2.89. The van der Waals surface area contributed by atoms with Crippen molar-refractivity contribution in [1.82, 2.24) is 20.2 Å². The SMILES string of the molecule is Cc1cccc(-n2nnnc2-c2cc(N)cc(F)c2)c1. The summed E-state index contributed by atoms with van der Waals surface area (Å²) in [7, 11) is 0. The molecule has 0 saturated carbocycles. The van der Waals surface area contributed by atoms with E-state index in [-0.39, 0.29) is 0 Å². The molecule has 6 heteroatoms. The summed E-state index contributed by atoms with van der Waals surface area (Å²) in [6.45, 7) is 1.98. The fourth-order valence-corrected chi connectivity index (χ4v) is 2.04. The molecule has 0 saturated heterocycles. The van der Waals surface area contributed by atoms with E-state index in [0.717, 1.165) is 11.3 Å². The van der Waals surface area contributed by atoms with Gasteiger partial charge in [-0.25, -0.2) is 4.39 Å². The van der Waals surface area contributed by atoms with Crippen molar-refractivity contribution < 1.29 is 4.39 Å². The van der Waals surface area contributed by atoms with E-state index >= 15 is 0 Å². The van der Waals surface area contributed by atoms with Gasteiger partial charge in [0.15, 0.2) is 5.82 Å². The number of benzene rings is 2. The Morgan fingerprint density at radius 3 is 2.75 bits per heavy atom. The van der Waals surface area contributed by atoms with Crippen LogP contribution in [0.3, 0.4) is 0 Å². The van der Waals surface area contributed by atoms with Crippen molar-refractivity contribution in [3.05, 3.63) is 53.8 Å². The second-order valence-electron chi connectivity index (χ2n) is 4.53. The summed E-state index contributed by atoms with van der Waals surface area (Å²) >= 11 is 0. The van der Waals surface area contributed by atoms with Gasteiger partial charge in [0.1, 0.15) is 5.82 Å². The van der Waals surface area contributed by atoms with Gasteiger partial charge in [-0.3, -0.25) is 0 Å². The first-order chi connectivity index (χ1) is 9.63. The maximum atomic E-state index is 13.5. The van der Waals surface area contributed by atoms with E-state index in [1.54, 1.807) is 10.7 Å². The van der Waals surface area contributed by atoms with Crippen LogP contribution in [0.4, 0.5) is 10.1 Å². The van der Waals surface area contributed by atoms with Gasteiger partial charge in [0.2, 0.25) is 0 Å². The lowest BCUT2D eigenvalue weighted by atomic mass is 10.1. The summed E-state index contributed by atoms with van der Waals surface area (Å²) in [5.74, 6) is 0.0283. The van der Waals surface area contributed by atoms with Gasteiger partial charge in [0.25, 0.3) is 0 Å². The molecule has 1 heterocycles. The minimum absolute atomic E-state index is 0.332. The van der Waals surface area contributed by atoms with E-state index in [1.165, 1.54) is 12.1 Å². The minimum Gasteiger partial charge on any atom is -0.399 e. The molecule has 2 aromatic carbocycles. The summed E-state index contributed by atoms with van der Waals surface area (Å²) in [6, 6.07) is 12.0. The topological polar surface area (TPSA) is 69.6 Å². The van der Waals surface area contributed by atoms with Gasteiger partial charge < -0.3 is 5.73 Å². The maximum Gasteiger partial charge on any atom is 0.187 e. The number of rotatable bonds is 2. The molecule has 3 rings (SSSR count). The predicted octanol–water partition coefficient (Wildman–Crippen LogP) is 2.36. The predicted molar refractivity (Wildman–Crippen MR) is 73.7 cm³/mol. The molecule has 0 aliphatic carbocycles. The summed E-state index contributed by atoms with van der Waals surface area (Å²) in [6.07, 6.45) is 0.